The summed E-state index contributed by atoms with van der Waals surface area (Å²) in [6, 6.07) is 6.41. The molecule has 3 aromatic heterocycles. The van der Waals surface area contributed by atoms with Gasteiger partial charge in [-0.15, -0.1) is 5.10 Å². The van der Waals surface area contributed by atoms with Gasteiger partial charge in [0, 0.05) is 18.8 Å². The normalized spacial score (nSPS) is 14.8. The number of benzene rings is 1. The molecule has 182 valence electrons. The summed E-state index contributed by atoms with van der Waals surface area (Å²) in [6.07, 6.45) is 2.24. The number of amides is 2. The molecule has 0 aliphatic carbocycles. The third-order valence-electron chi connectivity index (χ3n) is 6.86. The first-order valence-electron chi connectivity index (χ1n) is 12.0. The van der Waals surface area contributed by atoms with Crippen LogP contribution >= 0.6 is 0 Å². The molecule has 9 heteroatoms. The van der Waals surface area contributed by atoms with Crippen molar-refractivity contribution in [1.82, 2.24) is 33.9 Å². The highest BCUT2D eigenvalue weighted by Crippen LogP contribution is 2.35. The number of imide groups is 1. The lowest BCUT2D eigenvalue weighted by atomic mass is 10.0. The van der Waals surface area contributed by atoms with E-state index < -0.39 is 6.04 Å². The van der Waals surface area contributed by atoms with Crippen molar-refractivity contribution in [2.24, 2.45) is 5.92 Å². The molecular formula is C26H31N7O2. The summed E-state index contributed by atoms with van der Waals surface area (Å²) in [6.45, 7) is 10.0. The number of hydrogen-bond acceptors (Lipinski definition) is 6. The van der Waals surface area contributed by atoms with Gasteiger partial charge in [0.1, 0.15) is 18.0 Å². The second-order valence-electron chi connectivity index (χ2n) is 10.0. The fraction of sp³-hybridized carbons (Fsp3) is 0.423. The Kier molecular flexibility index (Phi) is 5.67. The van der Waals surface area contributed by atoms with E-state index in [0.29, 0.717) is 29.0 Å². The van der Waals surface area contributed by atoms with Crippen molar-refractivity contribution in [3.63, 3.8) is 0 Å². The molecule has 4 heterocycles. The first-order chi connectivity index (χ1) is 16.7. The first kappa shape index (κ1) is 23.2. The van der Waals surface area contributed by atoms with Crippen molar-refractivity contribution in [1.29, 1.82) is 0 Å². The lowest BCUT2D eigenvalue weighted by Gasteiger charge is -2.25. The molecule has 0 fully saturated rings. The Morgan fingerprint density at radius 1 is 1.00 bits per heavy atom. The van der Waals surface area contributed by atoms with Gasteiger partial charge in [-0.25, -0.2) is 14.5 Å². The molecule has 0 N–H and O–H groups in total. The maximum absolute atomic E-state index is 13.3. The molecule has 1 aliphatic rings. The van der Waals surface area contributed by atoms with Gasteiger partial charge in [0.25, 0.3) is 11.8 Å². The summed E-state index contributed by atoms with van der Waals surface area (Å²) in [5, 5.41) is 5.68. The first-order valence-corrected chi connectivity index (χ1v) is 12.0. The van der Waals surface area contributed by atoms with Crippen LogP contribution in [0.2, 0.25) is 0 Å². The lowest BCUT2D eigenvalue weighted by Crippen LogP contribution is -2.35. The average molecular weight is 474 g/mol. The molecule has 1 aliphatic heterocycles. The number of hydrogen-bond donors (Lipinski definition) is 0. The Balaban J connectivity index is 1.63. The van der Waals surface area contributed by atoms with Crippen LogP contribution in [0.4, 0.5) is 0 Å². The van der Waals surface area contributed by atoms with Crippen molar-refractivity contribution in [2.45, 2.75) is 46.7 Å². The van der Waals surface area contributed by atoms with E-state index in [1.807, 2.05) is 0 Å². The van der Waals surface area contributed by atoms with E-state index in [4.69, 9.17) is 15.1 Å². The lowest BCUT2D eigenvalue weighted by molar-refractivity contribution is 0.0555. The number of aromatic nitrogens is 5. The van der Waals surface area contributed by atoms with Gasteiger partial charge in [0.15, 0.2) is 11.5 Å². The van der Waals surface area contributed by atoms with E-state index >= 15 is 0 Å². The van der Waals surface area contributed by atoms with E-state index in [-0.39, 0.29) is 17.7 Å². The van der Waals surface area contributed by atoms with Crippen molar-refractivity contribution in [3.8, 4) is 0 Å². The Bertz CT molecular complexity index is 1430. The number of nitrogens with zero attached hydrogens (tertiary/aromatic N) is 7. The second-order valence-corrected chi connectivity index (χ2v) is 10.0. The van der Waals surface area contributed by atoms with Crippen LogP contribution in [0.5, 0.6) is 0 Å². The molecule has 1 aromatic carbocycles. The highest BCUT2D eigenvalue weighted by Gasteiger charge is 2.42. The molecule has 0 bridgehead atoms. The Labute approximate surface area is 204 Å². The van der Waals surface area contributed by atoms with Crippen LogP contribution in [0.3, 0.4) is 0 Å². The van der Waals surface area contributed by atoms with E-state index in [1.165, 1.54) is 4.90 Å². The summed E-state index contributed by atoms with van der Waals surface area (Å²) >= 11 is 0. The maximum Gasteiger partial charge on any atom is 0.262 e. The third kappa shape index (κ3) is 3.70. The van der Waals surface area contributed by atoms with Crippen molar-refractivity contribution in [3.05, 3.63) is 58.8 Å². The molecule has 0 radical (unpaired) electrons. The van der Waals surface area contributed by atoms with Crippen molar-refractivity contribution >= 4 is 28.5 Å². The van der Waals surface area contributed by atoms with Crippen LogP contribution < -0.4 is 0 Å². The van der Waals surface area contributed by atoms with Gasteiger partial charge >= 0.3 is 0 Å². The zero-order chi connectivity index (χ0) is 25.0. The van der Waals surface area contributed by atoms with Gasteiger partial charge in [-0.1, -0.05) is 26.0 Å². The van der Waals surface area contributed by atoms with Gasteiger partial charge in [0.2, 0.25) is 0 Å². The number of likely N-dealkylation sites (N-methyl/N-ethyl adjacent to an activating group) is 1. The Morgan fingerprint density at radius 3 is 2.26 bits per heavy atom. The van der Waals surface area contributed by atoms with Gasteiger partial charge < -0.3 is 9.47 Å². The standard InChI is InChI=1S/C26H31N7O2/c1-15(2)13-20(33-25(34)18-9-7-8-10-19(18)26(33)35)22-28-24-21-16(3)17(4)31(12-11-30(5)6)23(21)27-14-32(24)29-22/h7-10,14-15,20H,11-13H2,1-6H3/t20-/m0/s1. The van der Waals surface area contributed by atoms with Gasteiger partial charge in [0.05, 0.1) is 16.5 Å². The van der Waals surface area contributed by atoms with Crippen LogP contribution in [0.25, 0.3) is 16.7 Å². The summed E-state index contributed by atoms with van der Waals surface area (Å²) in [5.41, 5.74) is 4.68. The molecule has 0 unspecified atom stereocenters. The summed E-state index contributed by atoms with van der Waals surface area (Å²) < 4.78 is 3.89. The van der Waals surface area contributed by atoms with Gasteiger partial charge in [-0.05, 0) is 58.0 Å². The summed E-state index contributed by atoms with van der Waals surface area (Å²) in [7, 11) is 4.11. The third-order valence-corrected chi connectivity index (χ3v) is 6.86. The predicted molar refractivity (Wildman–Crippen MR) is 133 cm³/mol. The number of carbonyl (C=O) groups excluding carboxylic acids is 2. The van der Waals surface area contributed by atoms with Crippen molar-refractivity contribution in [2.75, 3.05) is 20.6 Å². The number of aryl methyl sites for hydroxylation is 1. The SMILES string of the molecule is Cc1c(C)n(CCN(C)C)c2ncn3nc([C@H](CC(C)C)N4C(=O)c5ccccc5C4=O)nc3c12. The quantitative estimate of drug-likeness (QED) is 0.381. The van der Waals surface area contributed by atoms with Crippen LogP contribution in [-0.4, -0.2) is 66.4 Å². The Hall–Kier alpha value is -3.59. The molecular weight excluding hydrogens is 442 g/mol. The zero-order valence-electron chi connectivity index (χ0n) is 21.1. The second kappa shape index (κ2) is 8.57. The zero-order valence-corrected chi connectivity index (χ0v) is 21.1. The molecule has 4 aromatic rings. The van der Waals surface area contributed by atoms with E-state index in [1.54, 1.807) is 35.1 Å². The maximum atomic E-state index is 13.3. The topological polar surface area (TPSA) is 88.6 Å². The minimum Gasteiger partial charge on any atom is -0.328 e. The molecule has 5 rings (SSSR count). The molecule has 1 atom stereocenters. The Morgan fingerprint density at radius 2 is 1.66 bits per heavy atom. The highest BCUT2D eigenvalue weighted by molar-refractivity contribution is 6.21. The summed E-state index contributed by atoms with van der Waals surface area (Å²) in [5.74, 6) is 0.103. The van der Waals surface area contributed by atoms with Crippen LogP contribution in [-0.2, 0) is 6.54 Å². The molecule has 0 saturated heterocycles. The largest absolute Gasteiger partial charge is 0.328 e. The summed E-state index contributed by atoms with van der Waals surface area (Å²) in [4.78, 5) is 39.7. The molecule has 0 saturated carbocycles. The number of rotatable bonds is 7. The predicted octanol–water partition coefficient (Wildman–Crippen LogP) is 3.64. The minimum atomic E-state index is -0.561. The molecule has 2 amide bonds. The minimum absolute atomic E-state index is 0.227. The molecule has 9 nitrogen and oxygen atoms in total. The van der Waals surface area contributed by atoms with E-state index in [9.17, 15) is 9.59 Å². The number of fused-ring (bicyclic) bond motifs is 4. The monoisotopic (exact) mass is 473 g/mol. The highest BCUT2D eigenvalue weighted by atomic mass is 16.2. The van der Waals surface area contributed by atoms with Crippen LogP contribution in [0.1, 0.15) is 64.1 Å². The van der Waals surface area contributed by atoms with E-state index in [0.717, 1.165) is 35.4 Å². The van der Waals surface area contributed by atoms with Gasteiger partial charge in [-0.3, -0.25) is 14.5 Å². The average Bonchev–Trinajstić information content (AvgIpc) is 3.43. The van der Waals surface area contributed by atoms with Crippen molar-refractivity contribution < 1.29 is 9.59 Å². The molecule has 35 heavy (non-hydrogen) atoms. The number of carbonyl (C=O) groups is 2. The molecule has 0 spiro atoms. The van der Waals surface area contributed by atoms with Crippen LogP contribution in [0, 0.1) is 19.8 Å². The smallest absolute Gasteiger partial charge is 0.262 e. The fourth-order valence-electron chi connectivity index (χ4n) is 4.93. The fourth-order valence-corrected chi connectivity index (χ4v) is 4.93. The van der Waals surface area contributed by atoms with Crippen LogP contribution in [0.15, 0.2) is 30.6 Å². The van der Waals surface area contributed by atoms with Gasteiger partial charge in [-0.2, -0.15) is 0 Å². The van der Waals surface area contributed by atoms with E-state index in [2.05, 4.69) is 51.3 Å².